The van der Waals surface area contributed by atoms with Crippen LogP contribution in [0.5, 0.6) is 11.5 Å². The smallest absolute Gasteiger partial charge is 0.322 e. The molecule has 8 heteroatoms. The quantitative estimate of drug-likeness (QED) is 0.791. The van der Waals surface area contributed by atoms with Gasteiger partial charge in [0.15, 0.2) is 0 Å². The van der Waals surface area contributed by atoms with Crippen LogP contribution in [0.2, 0.25) is 5.02 Å². The molecule has 1 aliphatic heterocycles. The number of benzene rings is 2. The Hall–Kier alpha value is -2.93. The number of amides is 3. The number of nitrogens with zero attached hydrogens (tertiary/aromatic N) is 1. The maximum absolute atomic E-state index is 12.9. The molecule has 0 radical (unpaired) electrons. The van der Waals surface area contributed by atoms with Gasteiger partial charge >= 0.3 is 6.03 Å². The van der Waals surface area contributed by atoms with Gasteiger partial charge in [-0.1, -0.05) is 29.8 Å². The second kappa shape index (κ2) is 8.84. The number of nitrogens with one attached hydrogen (secondary N) is 2. The fourth-order valence-electron chi connectivity index (χ4n) is 3.21. The number of anilines is 2. The summed E-state index contributed by atoms with van der Waals surface area (Å²) in [5.41, 5.74) is 0.947. The first-order chi connectivity index (χ1) is 13.5. The molecule has 148 valence electrons. The topological polar surface area (TPSA) is 79.9 Å². The molecule has 0 spiro atoms. The predicted molar refractivity (Wildman–Crippen MR) is 108 cm³/mol. The van der Waals surface area contributed by atoms with Crippen LogP contribution in [0.1, 0.15) is 12.8 Å². The maximum Gasteiger partial charge on any atom is 0.322 e. The highest BCUT2D eigenvalue weighted by atomic mass is 35.5. The minimum absolute atomic E-state index is 0.297. The van der Waals surface area contributed by atoms with E-state index in [-0.39, 0.29) is 11.9 Å². The number of halogens is 1. The van der Waals surface area contributed by atoms with Crippen LogP contribution in [-0.4, -0.2) is 43.6 Å². The van der Waals surface area contributed by atoms with Gasteiger partial charge in [-0.3, -0.25) is 4.79 Å². The van der Waals surface area contributed by atoms with Crippen molar-refractivity contribution >= 4 is 34.9 Å². The van der Waals surface area contributed by atoms with E-state index < -0.39 is 6.04 Å². The van der Waals surface area contributed by atoms with Crippen LogP contribution < -0.4 is 20.1 Å². The highest BCUT2D eigenvalue weighted by molar-refractivity contribution is 6.33. The Morgan fingerprint density at radius 2 is 1.71 bits per heavy atom. The summed E-state index contributed by atoms with van der Waals surface area (Å²) in [6.45, 7) is 0.484. The summed E-state index contributed by atoms with van der Waals surface area (Å²) in [7, 11) is 3.03. The van der Waals surface area contributed by atoms with Crippen LogP contribution in [0, 0.1) is 0 Å². The molecule has 7 nitrogen and oxygen atoms in total. The molecule has 0 unspecified atom stereocenters. The Bertz CT molecular complexity index is 852. The maximum atomic E-state index is 12.9. The molecule has 1 saturated heterocycles. The van der Waals surface area contributed by atoms with Crippen LogP contribution in [0.25, 0.3) is 0 Å². The van der Waals surface area contributed by atoms with Crippen molar-refractivity contribution in [2.45, 2.75) is 18.9 Å². The Morgan fingerprint density at radius 3 is 2.36 bits per heavy atom. The summed E-state index contributed by atoms with van der Waals surface area (Å²) < 4.78 is 10.6. The molecule has 2 aromatic rings. The van der Waals surface area contributed by atoms with Gasteiger partial charge < -0.3 is 25.0 Å². The summed E-state index contributed by atoms with van der Waals surface area (Å²) in [6.07, 6.45) is 1.30. The first-order valence-corrected chi connectivity index (χ1v) is 9.27. The van der Waals surface area contributed by atoms with Gasteiger partial charge in [-0.05, 0) is 37.1 Å². The zero-order valence-electron chi connectivity index (χ0n) is 15.7. The van der Waals surface area contributed by atoms with Crippen molar-refractivity contribution in [1.29, 1.82) is 0 Å². The van der Waals surface area contributed by atoms with E-state index in [0.29, 0.717) is 40.9 Å². The van der Waals surface area contributed by atoms with Crippen molar-refractivity contribution in [2.24, 2.45) is 0 Å². The minimum Gasteiger partial charge on any atom is -0.494 e. The van der Waals surface area contributed by atoms with Gasteiger partial charge in [-0.2, -0.15) is 0 Å². The lowest BCUT2D eigenvalue weighted by atomic mass is 10.2. The number of urea groups is 1. The van der Waals surface area contributed by atoms with Crippen molar-refractivity contribution in [3.63, 3.8) is 0 Å². The minimum atomic E-state index is -0.600. The number of hydrogen-bond donors (Lipinski definition) is 2. The fourth-order valence-corrected chi connectivity index (χ4v) is 3.40. The highest BCUT2D eigenvalue weighted by Crippen LogP contribution is 2.35. The predicted octanol–water partition coefficient (Wildman–Crippen LogP) is 3.99. The van der Waals surface area contributed by atoms with E-state index in [1.807, 2.05) is 0 Å². The van der Waals surface area contributed by atoms with E-state index in [2.05, 4.69) is 10.6 Å². The number of rotatable bonds is 5. The normalized spacial score (nSPS) is 15.8. The van der Waals surface area contributed by atoms with Crippen LogP contribution >= 0.6 is 11.6 Å². The molecule has 28 heavy (non-hydrogen) atoms. The van der Waals surface area contributed by atoms with Gasteiger partial charge in [0.2, 0.25) is 5.91 Å². The van der Waals surface area contributed by atoms with Crippen molar-refractivity contribution in [3.8, 4) is 11.5 Å². The van der Waals surface area contributed by atoms with Crippen LogP contribution in [0.15, 0.2) is 42.5 Å². The molecule has 0 saturated carbocycles. The first kappa shape index (κ1) is 19.8. The summed E-state index contributed by atoms with van der Waals surface area (Å²) in [5, 5.41) is 6.06. The third kappa shape index (κ3) is 4.14. The molecule has 0 aliphatic carbocycles. The van der Waals surface area contributed by atoms with Gasteiger partial charge in [0.1, 0.15) is 23.2 Å². The lowest BCUT2D eigenvalue weighted by Crippen LogP contribution is -2.45. The molecule has 1 fully saturated rings. The zero-order chi connectivity index (χ0) is 20.1. The van der Waals surface area contributed by atoms with E-state index >= 15 is 0 Å². The van der Waals surface area contributed by atoms with Gasteiger partial charge in [-0.15, -0.1) is 0 Å². The van der Waals surface area contributed by atoms with E-state index in [1.165, 1.54) is 19.1 Å². The van der Waals surface area contributed by atoms with Gasteiger partial charge in [0.05, 0.1) is 24.9 Å². The summed E-state index contributed by atoms with van der Waals surface area (Å²) in [4.78, 5) is 27.1. The Morgan fingerprint density at radius 1 is 1.04 bits per heavy atom. The molecule has 0 bridgehead atoms. The molecule has 0 aromatic heterocycles. The largest absolute Gasteiger partial charge is 0.494 e. The van der Waals surface area contributed by atoms with Crippen molar-refractivity contribution in [3.05, 3.63) is 47.5 Å². The molecule has 1 atom stereocenters. The first-order valence-electron chi connectivity index (χ1n) is 8.89. The average molecular weight is 404 g/mol. The van der Waals surface area contributed by atoms with Gasteiger partial charge in [-0.25, -0.2) is 4.79 Å². The SMILES string of the molecule is COc1cccc(OC)c1NC(=O)[C@H]1CCCN1C(=O)Nc1ccccc1Cl. The van der Waals surface area contributed by atoms with Crippen LogP contribution in [0.3, 0.4) is 0 Å². The lowest BCUT2D eigenvalue weighted by molar-refractivity contribution is -0.119. The van der Waals surface area contributed by atoms with Crippen LogP contribution in [0.4, 0.5) is 16.2 Å². The zero-order valence-corrected chi connectivity index (χ0v) is 16.5. The average Bonchev–Trinajstić information content (AvgIpc) is 3.20. The number of para-hydroxylation sites is 2. The van der Waals surface area contributed by atoms with Crippen molar-refractivity contribution in [2.75, 3.05) is 31.4 Å². The number of methoxy groups -OCH3 is 2. The number of carbonyl (C=O) groups excluding carboxylic acids is 2. The lowest BCUT2D eigenvalue weighted by Gasteiger charge is -2.25. The second-order valence-electron chi connectivity index (χ2n) is 6.29. The number of ether oxygens (including phenoxy) is 2. The Balaban J connectivity index is 1.75. The highest BCUT2D eigenvalue weighted by Gasteiger charge is 2.35. The third-order valence-corrected chi connectivity index (χ3v) is 4.94. The van der Waals surface area contributed by atoms with Crippen molar-refractivity contribution in [1.82, 2.24) is 4.90 Å². The summed E-state index contributed by atoms with van der Waals surface area (Å²) >= 11 is 6.11. The van der Waals surface area contributed by atoms with E-state index in [4.69, 9.17) is 21.1 Å². The molecule has 2 N–H and O–H groups in total. The Labute approximate surface area is 168 Å². The molecular formula is C20H22ClN3O4. The van der Waals surface area contributed by atoms with E-state index in [0.717, 1.165) is 6.42 Å². The van der Waals surface area contributed by atoms with Crippen LogP contribution in [-0.2, 0) is 4.79 Å². The van der Waals surface area contributed by atoms with Crippen molar-refractivity contribution < 1.29 is 19.1 Å². The molecule has 2 aromatic carbocycles. The Kier molecular flexibility index (Phi) is 6.26. The summed E-state index contributed by atoms with van der Waals surface area (Å²) in [6, 6.07) is 11.2. The summed E-state index contributed by atoms with van der Waals surface area (Å²) in [5.74, 6) is 0.671. The van der Waals surface area contributed by atoms with E-state index in [9.17, 15) is 9.59 Å². The standard InChI is InChI=1S/C20H22ClN3O4/c1-27-16-10-5-11-17(28-2)18(16)23-19(25)15-9-6-12-24(15)20(26)22-14-8-4-3-7-13(14)21/h3-5,7-8,10-11,15H,6,9,12H2,1-2H3,(H,22,26)(H,23,25)/t15-/m1/s1. The fraction of sp³-hybridized carbons (Fsp3) is 0.300. The van der Waals surface area contributed by atoms with Gasteiger partial charge in [0, 0.05) is 6.54 Å². The molecular weight excluding hydrogens is 382 g/mol. The van der Waals surface area contributed by atoms with Gasteiger partial charge in [0.25, 0.3) is 0 Å². The molecule has 1 aliphatic rings. The molecule has 3 amide bonds. The number of carbonyl (C=O) groups is 2. The third-order valence-electron chi connectivity index (χ3n) is 4.61. The number of hydrogen-bond acceptors (Lipinski definition) is 4. The second-order valence-corrected chi connectivity index (χ2v) is 6.70. The molecule has 3 rings (SSSR count). The van der Waals surface area contributed by atoms with E-state index in [1.54, 1.807) is 42.5 Å². The monoisotopic (exact) mass is 403 g/mol. The number of likely N-dealkylation sites (tertiary alicyclic amines) is 1. The molecule has 1 heterocycles.